The summed E-state index contributed by atoms with van der Waals surface area (Å²) in [6, 6.07) is 8.12. The second-order valence-corrected chi connectivity index (χ2v) is 10.5. The summed E-state index contributed by atoms with van der Waals surface area (Å²) in [6.07, 6.45) is 1.53. The van der Waals surface area contributed by atoms with E-state index in [1.807, 2.05) is 12.1 Å². The molecule has 228 valence electrons. The van der Waals surface area contributed by atoms with Gasteiger partial charge in [-0.3, -0.25) is 19.2 Å². The van der Waals surface area contributed by atoms with E-state index < -0.39 is 54.6 Å². The van der Waals surface area contributed by atoms with Crippen LogP contribution in [0.3, 0.4) is 0 Å². The van der Waals surface area contributed by atoms with Crippen LogP contribution in [0.25, 0.3) is 0 Å². The zero-order chi connectivity index (χ0) is 29.8. The fraction of sp³-hybridized carbons (Fsp3) is 0.667. The van der Waals surface area contributed by atoms with Gasteiger partial charge in [0, 0.05) is 34.3 Å². The van der Waals surface area contributed by atoms with E-state index >= 15 is 0 Å². The second kappa shape index (κ2) is 16.3. The fourth-order valence-corrected chi connectivity index (χ4v) is 5.10. The van der Waals surface area contributed by atoms with Gasteiger partial charge in [-0.15, -0.1) is 0 Å². The minimum Gasteiger partial charge on any atom is -0.493 e. The van der Waals surface area contributed by atoms with Crippen LogP contribution in [0.15, 0.2) is 24.3 Å². The summed E-state index contributed by atoms with van der Waals surface area (Å²) < 4.78 is 39.1. The lowest BCUT2D eigenvalue weighted by Gasteiger charge is -2.44. The van der Waals surface area contributed by atoms with Crippen molar-refractivity contribution >= 4 is 23.9 Å². The Balaban J connectivity index is 1.57. The summed E-state index contributed by atoms with van der Waals surface area (Å²) in [7, 11) is 0. The van der Waals surface area contributed by atoms with Gasteiger partial charge in [0.1, 0.15) is 18.5 Å². The number of unbranched alkanes of at least 4 members (excludes halogenated alkanes) is 1. The molecule has 0 radical (unpaired) electrons. The number of carbonyl (C=O) groups excluding carboxylic acids is 4. The number of esters is 4. The Labute approximate surface area is 241 Å². The molecule has 1 aliphatic heterocycles. The van der Waals surface area contributed by atoms with Crippen molar-refractivity contribution in [2.45, 2.75) is 103 Å². The van der Waals surface area contributed by atoms with Crippen molar-refractivity contribution in [1.29, 1.82) is 0 Å². The first kappa shape index (κ1) is 32.3. The Kier molecular flexibility index (Phi) is 12.9. The van der Waals surface area contributed by atoms with E-state index in [4.69, 9.17) is 33.2 Å². The normalized spacial score (nSPS) is 24.3. The molecule has 1 saturated heterocycles. The SMILES string of the molecule is CC(=O)OC[C@H]1O[C@@H](OCCCCc2ccc(OCC3CCCC3)cc2)[C@H](OC(C)=O)[C@@H](OC(C)=O)[C@@H]1OC(C)=O. The van der Waals surface area contributed by atoms with Gasteiger partial charge in [-0.25, -0.2) is 0 Å². The highest BCUT2D eigenvalue weighted by molar-refractivity contribution is 5.68. The molecule has 3 rings (SSSR count). The molecule has 11 nitrogen and oxygen atoms in total. The molecule has 11 heteroatoms. The number of rotatable bonds is 14. The molecule has 1 heterocycles. The fourth-order valence-electron chi connectivity index (χ4n) is 5.10. The maximum atomic E-state index is 11.9. The first-order valence-corrected chi connectivity index (χ1v) is 14.3. The van der Waals surface area contributed by atoms with Gasteiger partial charge in [-0.1, -0.05) is 25.0 Å². The van der Waals surface area contributed by atoms with Gasteiger partial charge in [0.25, 0.3) is 0 Å². The molecule has 41 heavy (non-hydrogen) atoms. The Morgan fingerprint density at radius 1 is 0.756 bits per heavy atom. The van der Waals surface area contributed by atoms with Crippen LogP contribution in [0.5, 0.6) is 5.75 Å². The molecule has 0 N–H and O–H groups in total. The highest BCUT2D eigenvalue weighted by Gasteiger charge is 2.52. The molecule has 0 unspecified atom stereocenters. The molecule has 1 aliphatic carbocycles. The lowest BCUT2D eigenvalue weighted by atomic mass is 9.98. The van der Waals surface area contributed by atoms with Crippen LogP contribution in [0, 0.1) is 5.92 Å². The average molecular weight is 579 g/mol. The molecule has 2 fully saturated rings. The highest BCUT2D eigenvalue weighted by atomic mass is 16.7. The minimum absolute atomic E-state index is 0.246. The van der Waals surface area contributed by atoms with Crippen LogP contribution >= 0.6 is 0 Å². The number of hydrogen-bond acceptors (Lipinski definition) is 11. The summed E-state index contributed by atoms with van der Waals surface area (Å²) in [4.78, 5) is 47.1. The molecular weight excluding hydrogens is 536 g/mol. The summed E-state index contributed by atoms with van der Waals surface area (Å²) in [6.45, 7) is 5.49. The van der Waals surface area contributed by atoms with Gasteiger partial charge in [0.05, 0.1) is 6.61 Å². The van der Waals surface area contributed by atoms with Crippen molar-refractivity contribution < 1.29 is 52.3 Å². The molecule has 0 spiro atoms. The largest absolute Gasteiger partial charge is 0.493 e. The van der Waals surface area contributed by atoms with Crippen molar-refractivity contribution in [2.75, 3.05) is 19.8 Å². The third-order valence-electron chi connectivity index (χ3n) is 6.97. The number of hydrogen-bond donors (Lipinski definition) is 0. The maximum absolute atomic E-state index is 11.9. The van der Waals surface area contributed by atoms with E-state index in [-0.39, 0.29) is 13.2 Å². The Morgan fingerprint density at radius 3 is 1.98 bits per heavy atom. The Bertz CT molecular complexity index is 1000. The molecule has 0 aromatic heterocycles. The standard InChI is InChI=1S/C30H42O11/c1-19(31)36-18-26-27(38-20(2)32)28(39-21(3)33)29(40-22(4)34)30(41-26)35-16-8-7-9-23-12-14-25(15-13-23)37-17-24-10-5-6-11-24/h12-15,24,26-30H,5-11,16-18H2,1-4H3/t26-,27-,28+,29-,30-/m1/s1. The molecule has 1 aromatic carbocycles. The van der Waals surface area contributed by atoms with E-state index in [0.29, 0.717) is 12.3 Å². The van der Waals surface area contributed by atoms with Gasteiger partial charge in [0.15, 0.2) is 24.6 Å². The van der Waals surface area contributed by atoms with Crippen molar-refractivity contribution in [3.63, 3.8) is 0 Å². The molecule has 1 saturated carbocycles. The second-order valence-electron chi connectivity index (χ2n) is 10.5. The predicted molar refractivity (Wildman–Crippen MR) is 145 cm³/mol. The molecular formula is C30H42O11. The molecule has 1 aromatic rings. The lowest BCUT2D eigenvalue weighted by Crippen LogP contribution is -2.63. The Hall–Kier alpha value is -3.18. The zero-order valence-corrected chi connectivity index (χ0v) is 24.3. The molecule has 5 atom stereocenters. The van der Waals surface area contributed by atoms with Crippen LogP contribution < -0.4 is 4.74 Å². The maximum Gasteiger partial charge on any atom is 0.303 e. The van der Waals surface area contributed by atoms with Crippen molar-refractivity contribution in [1.82, 2.24) is 0 Å². The van der Waals surface area contributed by atoms with Crippen LogP contribution in [-0.4, -0.2) is 74.4 Å². The summed E-state index contributed by atoms with van der Waals surface area (Å²) in [5, 5.41) is 0. The van der Waals surface area contributed by atoms with Gasteiger partial charge in [0.2, 0.25) is 0 Å². The Morgan fingerprint density at radius 2 is 1.37 bits per heavy atom. The number of benzene rings is 1. The summed E-state index contributed by atoms with van der Waals surface area (Å²) in [5.41, 5.74) is 1.17. The predicted octanol–water partition coefficient (Wildman–Crippen LogP) is 3.68. The first-order chi connectivity index (χ1) is 19.6. The van der Waals surface area contributed by atoms with E-state index in [1.165, 1.54) is 58.9 Å². The third kappa shape index (κ3) is 11.0. The number of carbonyl (C=O) groups is 4. The third-order valence-corrected chi connectivity index (χ3v) is 6.97. The van der Waals surface area contributed by atoms with Crippen LogP contribution in [0.4, 0.5) is 0 Å². The first-order valence-electron chi connectivity index (χ1n) is 14.3. The average Bonchev–Trinajstić information content (AvgIpc) is 3.43. The minimum atomic E-state index is -1.24. The summed E-state index contributed by atoms with van der Waals surface area (Å²) >= 11 is 0. The van der Waals surface area contributed by atoms with Crippen LogP contribution in [0.1, 0.15) is 71.8 Å². The molecule has 0 amide bonds. The number of aryl methyl sites for hydroxylation is 1. The van der Waals surface area contributed by atoms with Crippen LogP contribution in [0.2, 0.25) is 0 Å². The molecule has 0 bridgehead atoms. The van der Waals surface area contributed by atoms with Gasteiger partial charge in [-0.05, 0) is 55.7 Å². The highest BCUT2D eigenvalue weighted by Crippen LogP contribution is 2.30. The van der Waals surface area contributed by atoms with E-state index in [1.54, 1.807) is 0 Å². The summed E-state index contributed by atoms with van der Waals surface area (Å²) in [5.74, 6) is -1.07. The van der Waals surface area contributed by atoms with Crippen molar-refractivity contribution in [3.8, 4) is 5.75 Å². The molecule has 2 aliphatic rings. The lowest BCUT2D eigenvalue weighted by molar-refractivity contribution is -0.308. The van der Waals surface area contributed by atoms with E-state index in [2.05, 4.69) is 12.1 Å². The van der Waals surface area contributed by atoms with Crippen molar-refractivity contribution in [2.24, 2.45) is 5.92 Å². The van der Waals surface area contributed by atoms with Crippen LogP contribution in [-0.2, 0) is 54.0 Å². The zero-order valence-electron chi connectivity index (χ0n) is 24.3. The smallest absolute Gasteiger partial charge is 0.303 e. The monoisotopic (exact) mass is 578 g/mol. The number of ether oxygens (including phenoxy) is 7. The topological polar surface area (TPSA) is 133 Å². The van der Waals surface area contributed by atoms with E-state index in [0.717, 1.165) is 25.2 Å². The quantitative estimate of drug-likeness (QED) is 0.182. The van der Waals surface area contributed by atoms with Crippen molar-refractivity contribution in [3.05, 3.63) is 29.8 Å². The van der Waals surface area contributed by atoms with Gasteiger partial charge >= 0.3 is 23.9 Å². The van der Waals surface area contributed by atoms with E-state index in [9.17, 15) is 19.2 Å². The van der Waals surface area contributed by atoms with Gasteiger partial charge < -0.3 is 33.2 Å². The van der Waals surface area contributed by atoms with Gasteiger partial charge in [-0.2, -0.15) is 0 Å².